The minimum atomic E-state index is 0.825. The Labute approximate surface area is 96.8 Å². The molecule has 14 heavy (non-hydrogen) atoms. The molecule has 0 radical (unpaired) electrons. The molecule has 0 heterocycles. The molecule has 0 aromatic heterocycles. The van der Waals surface area contributed by atoms with E-state index in [1.807, 2.05) is 0 Å². The van der Waals surface area contributed by atoms with Gasteiger partial charge in [0.25, 0.3) is 0 Å². The van der Waals surface area contributed by atoms with Crippen molar-refractivity contribution >= 4 is 5.57 Å². The summed E-state index contributed by atoms with van der Waals surface area (Å²) < 4.78 is 0.825. The number of allylic oxidation sites excluding steroid dienone is 2. The van der Waals surface area contributed by atoms with E-state index in [4.69, 9.17) is 0 Å². The number of rotatable bonds is 0. The van der Waals surface area contributed by atoms with Gasteiger partial charge in [0, 0.05) is 0 Å². The fourth-order valence-electron chi connectivity index (χ4n) is 2.74. The standard InChI is InChI=1S/C13H13.Ti/c1-3-7-12-10(5-1)9-11-6-2-4-8-13(11)12;/h1,3,5-7H,2,4,8-9H2;. The molecule has 0 amide bonds. The Hall–Kier alpha value is -0.326. The van der Waals surface area contributed by atoms with Crippen LogP contribution in [0.25, 0.3) is 5.57 Å². The molecule has 1 aromatic rings. The van der Waals surface area contributed by atoms with E-state index < -0.39 is 0 Å². The number of fused-ring (bicyclic) bond motifs is 2. The van der Waals surface area contributed by atoms with Gasteiger partial charge < -0.3 is 0 Å². The normalized spacial score (nSPS) is 24.6. The van der Waals surface area contributed by atoms with E-state index in [9.17, 15) is 0 Å². The summed E-state index contributed by atoms with van der Waals surface area (Å²) >= 11 is 2.39. The summed E-state index contributed by atoms with van der Waals surface area (Å²) in [6.45, 7) is 0. The van der Waals surface area contributed by atoms with E-state index >= 15 is 0 Å². The van der Waals surface area contributed by atoms with Crippen molar-refractivity contribution in [2.45, 2.75) is 29.9 Å². The van der Waals surface area contributed by atoms with Crippen molar-refractivity contribution < 1.29 is 20.4 Å². The van der Waals surface area contributed by atoms with E-state index in [1.54, 1.807) is 22.3 Å². The van der Waals surface area contributed by atoms with Gasteiger partial charge in [0.05, 0.1) is 0 Å². The Morgan fingerprint density at radius 3 is 3.00 bits per heavy atom. The molecule has 2 aliphatic carbocycles. The second kappa shape index (κ2) is 3.36. The van der Waals surface area contributed by atoms with E-state index in [1.165, 1.54) is 25.7 Å². The topological polar surface area (TPSA) is 0 Å². The molecule has 0 aliphatic heterocycles. The molecule has 0 bridgehead atoms. The van der Waals surface area contributed by atoms with Crippen molar-refractivity contribution in [2.24, 2.45) is 0 Å². The fraction of sp³-hybridized carbons (Fsp3) is 0.385. The van der Waals surface area contributed by atoms with Gasteiger partial charge in [0.15, 0.2) is 0 Å². The van der Waals surface area contributed by atoms with Crippen LogP contribution in [0.4, 0.5) is 0 Å². The Bertz CT molecular complexity index is 403. The third-order valence-electron chi connectivity index (χ3n) is 3.45. The van der Waals surface area contributed by atoms with Crippen LogP contribution in [0.3, 0.4) is 0 Å². The quantitative estimate of drug-likeness (QED) is 0.583. The summed E-state index contributed by atoms with van der Waals surface area (Å²) in [6, 6.07) is 8.94. The number of hydrogen-bond acceptors (Lipinski definition) is 0. The second-order valence-electron chi connectivity index (χ2n) is 4.28. The molecule has 2 aliphatic rings. The van der Waals surface area contributed by atoms with E-state index in [-0.39, 0.29) is 0 Å². The van der Waals surface area contributed by atoms with E-state index in [0.29, 0.717) is 0 Å². The first-order valence-electron chi connectivity index (χ1n) is 5.37. The van der Waals surface area contributed by atoms with Gasteiger partial charge in [-0.1, -0.05) is 0 Å². The van der Waals surface area contributed by atoms with Crippen LogP contribution >= 0.6 is 0 Å². The molecule has 69 valence electrons. The average Bonchev–Trinajstić information content (AvgIpc) is 2.59. The monoisotopic (exact) mass is 217 g/mol. The molecule has 1 heteroatoms. The molecular formula is C13H13Ti. The molecule has 1 atom stereocenters. The van der Waals surface area contributed by atoms with Crippen LogP contribution in [0, 0.1) is 0 Å². The van der Waals surface area contributed by atoms with Crippen molar-refractivity contribution in [3.63, 3.8) is 0 Å². The molecule has 0 saturated carbocycles. The minimum absolute atomic E-state index is 0.825. The predicted molar refractivity (Wildman–Crippen MR) is 54.7 cm³/mol. The third-order valence-corrected chi connectivity index (χ3v) is 4.45. The molecule has 0 nitrogen and oxygen atoms in total. The van der Waals surface area contributed by atoms with Crippen LogP contribution in [0.5, 0.6) is 0 Å². The fourth-order valence-corrected chi connectivity index (χ4v) is 3.49. The van der Waals surface area contributed by atoms with Gasteiger partial charge in [-0.3, -0.25) is 0 Å². The first-order chi connectivity index (χ1) is 6.86. The van der Waals surface area contributed by atoms with Crippen molar-refractivity contribution in [3.8, 4) is 0 Å². The summed E-state index contributed by atoms with van der Waals surface area (Å²) in [5.41, 5.74) is 6.53. The summed E-state index contributed by atoms with van der Waals surface area (Å²) in [4.78, 5) is 0. The zero-order valence-corrected chi connectivity index (χ0v) is 9.78. The first kappa shape index (κ1) is 8.94. The summed E-state index contributed by atoms with van der Waals surface area (Å²) in [6.07, 6.45) is 5.32. The SMILES string of the molecule is [Ti][CH]1CCCC2=C1Cc1ccccc12. The van der Waals surface area contributed by atoms with Crippen molar-refractivity contribution in [2.75, 3.05) is 0 Å². The van der Waals surface area contributed by atoms with Gasteiger partial charge in [-0.05, 0) is 0 Å². The van der Waals surface area contributed by atoms with Gasteiger partial charge in [-0.2, -0.15) is 0 Å². The Morgan fingerprint density at radius 2 is 2.07 bits per heavy atom. The van der Waals surface area contributed by atoms with E-state index in [2.05, 4.69) is 44.7 Å². The van der Waals surface area contributed by atoms with Crippen molar-refractivity contribution in [1.82, 2.24) is 0 Å². The number of benzene rings is 1. The number of hydrogen-bond donors (Lipinski definition) is 0. The summed E-state index contributed by atoms with van der Waals surface area (Å²) in [5.74, 6) is 0. The van der Waals surface area contributed by atoms with Gasteiger partial charge in [-0.25, -0.2) is 0 Å². The van der Waals surface area contributed by atoms with Gasteiger partial charge in [0.2, 0.25) is 0 Å². The average molecular weight is 217 g/mol. The molecule has 3 rings (SSSR count). The second-order valence-corrected chi connectivity index (χ2v) is 5.37. The molecule has 1 unspecified atom stereocenters. The van der Waals surface area contributed by atoms with Crippen molar-refractivity contribution in [1.29, 1.82) is 0 Å². The van der Waals surface area contributed by atoms with Crippen LogP contribution in [-0.2, 0) is 26.9 Å². The Morgan fingerprint density at radius 1 is 1.21 bits per heavy atom. The first-order valence-corrected chi connectivity index (χ1v) is 6.28. The summed E-state index contributed by atoms with van der Waals surface area (Å²) in [7, 11) is 0. The zero-order chi connectivity index (χ0) is 9.54. The molecule has 0 saturated heterocycles. The maximum atomic E-state index is 2.39. The van der Waals surface area contributed by atoms with Crippen LogP contribution in [-0.4, -0.2) is 0 Å². The van der Waals surface area contributed by atoms with Gasteiger partial charge >= 0.3 is 96.9 Å². The third kappa shape index (κ3) is 1.25. The van der Waals surface area contributed by atoms with Crippen molar-refractivity contribution in [3.05, 3.63) is 41.0 Å². The molecule has 0 spiro atoms. The van der Waals surface area contributed by atoms with Gasteiger partial charge in [0.1, 0.15) is 0 Å². The Balaban J connectivity index is 2.12. The molecule has 0 N–H and O–H groups in total. The molecule has 1 aromatic carbocycles. The van der Waals surface area contributed by atoms with Crippen LogP contribution < -0.4 is 0 Å². The van der Waals surface area contributed by atoms with Gasteiger partial charge in [-0.15, -0.1) is 0 Å². The summed E-state index contributed by atoms with van der Waals surface area (Å²) in [5, 5.41) is 0. The molecule has 0 fully saturated rings. The Kier molecular flexibility index (Phi) is 2.15. The zero-order valence-electron chi connectivity index (χ0n) is 8.22. The maximum absolute atomic E-state index is 2.39. The predicted octanol–water partition coefficient (Wildman–Crippen LogP) is 3.52. The van der Waals surface area contributed by atoms with Crippen LogP contribution in [0.1, 0.15) is 30.4 Å². The molecular weight excluding hydrogens is 204 g/mol. The van der Waals surface area contributed by atoms with E-state index in [0.717, 1.165) is 4.22 Å². The van der Waals surface area contributed by atoms with Crippen LogP contribution in [0.2, 0.25) is 4.22 Å². The van der Waals surface area contributed by atoms with Crippen LogP contribution in [0.15, 0.2) is 29.8 Å².